The number of likely N-dealkylation sites (tertiary alicyclic amines) is 1. The van der Waals surface area contributed by atoms with Crippen molar-refractivity contribution in [3.63, 3.8) is 0 Å². The fourth-order valence-electron chi connectivity index (χ4n) is 3.17. The Morgan fingerprint density at radius 3 is 2.42 bits per heavy atom. The first-order valence-corrected chi connectivity index (χ1v) is 8.46. The molecule has 1 aromatic carbocycles. The first-order chi connectivity index (χ1) is 11.6. The Morgan fingerprint density at radius 1 is 1.17 bits per heavy atom. The summed E-state index contributed by atoms with van der Waals surface area (Å²) in [7, 11) is 0. The number of esters is 1. The number of carbonyl (C=O) groups is 2. The lowest BCUT2D eigenvalue weighted by Gasteiger charge is -2.31. The van der Waals surface area contributed by atoms with Crippen LogP contribution in [-0.2, 0) is 9.53 Å². The number of fused-ring (bicyclic) bond motifs is 1. The highest BCUT2D eigenvalue weighted by atomic mass is 16.6. The van der Waals surface area contributed by atoms with Gasteiger partial charge in [0, 0.05) is 18.7 Å². The van der Waals surface area contributed by atoms with E-state index in [-0.39, 0.29) is 17.8 Å². The Hall–Kier alpha value is -2.24. The molecule has 1 fully saturated rings. The van der Waals surface area contributed by atoms with Gasteiger partial charge in [0.15, 0.2) is 11.5 Å². The van der Waals surface area contributed by atoms with Gasteiger partial charge in [0.25, 0.3) is 5.91 Å². The van der Waals surface area contributed by atoms with Gasteiger partial charge in [-0.1, -0.05) is 0 Å². The summed E-state index contributed by atoms with van der Waals surface area (Å²) in [6.45, 7) is 6.26. The van der Waals surface area contributed by atoms with Crippen LogP contribution >= 0.6 is 0 Å². The summed E-state index contributed by atoms with van der Waals surface area (Å²) in [6.07, 6.45) is 1.29. The van der Waals surface area contributed by atoms with Crippen molar-refractivity contribution >= 4 is 11.9 Å². The van der Waals surface area contributed by atoms with E-state index < -0.39 is 0 Å². The maximum Gasteiger partial charge on any atom is 0.309 e. The van der Waals surface area contributed by atoms with Gasteiger partial charge in [-0.3, -0.25) is 9.59 Å². The van der Waals surface area contributed by atoms with E-state index in [1.807, 2.05) is 13.0 Å². The summed E-state index contributed by atoms with van der Waals surface area (Å²) in [5.41, 5.74) is 1.51. The lowest BCUT2D eigenvalue weighted by molar-refractivity contribution is -0.149. The first kappa shape index (κ1) is 16.6. The molecule has 130 valence electrons. The molecule has 6 nitrogen and oxygen atoms in total. The molecule has 0 spiro atoms. The number of hydrogen-bond donors (Lipinski definition) is 0. The van der Waals surface area contributed by atoms with E-state index in [4.69, 9.17) is 14.2 Å². The summed E-state index contributed by atoms with van der Waals surface area (Å²) >= 11 is 0. The molecular weight excluding hydrogens is 310 g/mol. The average Bonchev–Trinajstić information content (AvgIpc) is 2.61. The zero-order chi connectivity index (χ0) is 17.1. The quantitative estimate of drug-likeness (QED) is 0.793. The predicted molar refractivity (Wildman–Crippen MR) is 87.4 cm³/mol. The van der Waals surface area contributed by atoms with E-state index in [1.165, 1.54) is 0 Å². The Kier molecular flexibility index (Phi) is 4.92. The van der Waals surface area contributed by atoms with Gasteiger partial charge in [0.1, 0.15) is 13.2 Å². The van der Waals surface area contributed by atoms with E-state index in [0.29, 0.717) is 62.8 Å². The molecule has 1 aromatic rings. The van der Waals surface area contributed by atoms with Crippen LogP contribution in [0.4, 0.5) is 0 Å². The summed E-state index contributed by atoms with van der Waals surface area (Å²) < 4.78 is 16.2. The van der Waals surface area contributed by atoms with Gasteiger partial charge in [0.2, 0.25) is 0 Å². The monoisotopic (exact) mass is 333 g/mol. The normalized spacial score (nSPS) is 17.5. The molecule has 0 bridgehead atoms. The predicted octanol–water partition coefficient (Wildman–Crippen LogP) is 2.18. The highest BCUT2D eigenvalue weighted by Crippen LogP contribution is 2.34. The Balaban J connectivity index is 1.68. The number of hydrogen-bond acceptors (Lipinski definition) is 5. The van der Waals surface area contributed by atoms with Crippen LogP contribution in [0, 0.1) is 12.8 Å². The maximum absolute atomic E-state index is 12.8. The Labute approximate surface area is 141 Å². The van der Waals surface area contributed by atoms with Gasteiger partial charge in [-0.2, -0.15) is 0 Å². The van der Waals surface area contributed by atoms with E-state index in [9.17, 15) is 9.59 Å². The van der Waals surface area contributed by atoms with Gasteiger partial charge in [-0.05, 0) is 44.4 Å². The van der Waals surface area contributed by atoms with Crippen LogP contribution in [0.15, 0.2) is 12.1 Å². The Bertz CT molecular complexity index is 635. The van der Waals surface area contributed by atoms with Crippen molar-refractivity contribution in [3.05, 3.63) is 23.3 Å². The zero-order valence-electron chi connectivity index (χ0n) is 14.2. The minimum atomic E-state index is -0.153. The number of piperidine rings is 1. The largest absolute Gasteiger partial charge is 0.486 e. The van der Waals surface area contributed by atoms with E-state index in [0.717, 1.165) is 5.56 Å². The second-order valence-corrected chi connectivity index (χ2v) is 6.13. The molecule has 1 amide bonds. The molecule has 2 aliphatic heterocycles. The zero-order valence-corrected chi connectivity index (χ0v) is 14.2. The molecule has 0 radical (unpaired) electrons. The molecule has 0 saturated carbocycles. The molecule has 3 rings (SSSR count). The third-order valence-electron chi connectivity index (χ3n) is 4.52. The van der Waals surface area contributed by atoms with Gasteiger partial charge in [-0.15, -0.1) is 0 Å². The summed E-state index contributed by atoms with van der Waals surface area (Å²) in [6, 6.07) is 3.62. The number of nitrogens with zero attached hydrogens (tertiary/aromatic N) is 1. The van der Waals surface area contributed by atoms with Crippen LogP contribution in [0.5, 0.6) is 11.5 Å². The van der Waals surface area contributed by atoms with Gasteiger partial charge < -0.3 is 19.1 Å². The van der Waals surface area contributed by atoms with Crippen molar-refractivity contribution in [1.82, 2.24) is 4.90 Å². The van der Waals surface area contributed by atoms with Crippen molar-refractivity contribution in [2.24, 2.45) is 5.92 Å². The SMILES string of the molecule is CCOC(=O)C1CCN(C(=O)c2cc3c(cc2C)OCCO3)CC1. The van der Waals surface area contributed by atoms with Crippen molar-refractivity contribution < 1.29 is 23.8 Å². The summed E-state index contributed by atoms with van der Waals surface area (Å²) in [5, 5.41) is 0. The Morgan fingerprint density at radius 2 is 1.79 bits per heavy atom. The average molecular weight is 333 g/mol. The van der Waals surface area contributed by atoms with Crippen molar-refractivity contribution in [2.45, 2.75) is 26.7 Å². The molecule has 2 aliphatic rings. The summed E-state index contributed by atoms with van der Waals surface area (Å²) in [4.78, 5) is 26.4. The highest BCUT2D eigenvalue weighted by Gasteiger charge is 2.29. The second kappa shape index (κ2) is 7.11. The molecular formula is C18H23NO5. The molecule has 24 heavy (non-hydrogen) atoms. The van der Waals surface area contributed by atoms with Crippen LogP contribution in [-0.4, -0.2) is 49.7 Å². The van der Waals surface area contributed by atoms with Crippen molar-refractivity contribution in [1.29, 1.82) is 0 Å². The maximum atomic E-state index is 12.8. The number of benzene rings is 1. The van der Waals surface area contributed by atoms with Crippen LogP contribution < -0.4 is 9.47 Å². The van der Waals surface area contributed by atoms with Crippen LogP contribution in [0.25, 0.3) is 0 Å². The van der Waals surface area contributed by atoms with Crippen LogP contribution in [0.2, 0.25) is 0 Å². The summed E-state index contributed by atoms with van der Waals surface area (Å²) in [5.74, 6) is 1.04. The first-order valence-electron chi connectivity index (χ1n) is 8.46. The second-order valence-electron chi connectivity index (χ2n) is 6.13. The number of rotatable bonds is 3. The van der Waals surface area contributed by atoms with Crippen molar-refractivity contribution in [2.75, 3.05) is 32.9 Å². The van der Waals surface area contributed by atoms with Gasteiger partial charge in [0.05, 0.1) is 12.5 Å². The standard InChI is InChI=1S/C18H23NO5/c1-3-22-18(21)13-4-6-19(7-5-13)17(20)14-11-16-15(10-12(14)2)23-8-9-24-16/h10-11,13H,3-9H2,1-2H3. The van der Waals surface area contributed by atoms with E-state index >= 15 is 0 Å². The third kappa shape index (κ3) is 3.32. The molecule has 0 N–H and O–H groups in total. The van der Waals surface area contributed by atoms with Crippen LogP contribution in [0.1, 0.15) is 35.7 Å². The molecule has 0 atom stereocenters. The van der Waals surface area contributed by atoms with E-state index in [1.54, 1.807) is 17.9 Å². The van der Waals surface area contributed by atoms with E-state index in [2.05, 4.69) is 0 Å². The fourth-order valence-corrected chi connectivity index (χ4v) is 3.17. The lowest BCUT2D eigenvalue weighted by atomic mass is 9.96. The smallest absolute Gasteiger partial charge is 0.309 e. The van der Waals surface area contributed by atoms with Gasteiger partial charge in [-0.25, -0.2) is 0 Å². The topological polar surface area (TPSA) is 65.1 Å². The fraction of sp³-hybridized carbons (Fsp3) is 0.556. The molecule has 1 saturated heterocycles. The molecule has 0 unspecified atom stereocenters. The van der Waals surface area contributed by atoms with Crippen LogP contribution in [0.3, 0.4) is 0 Å². The third-order valence-corrected chi connectivity index (χ3v) is 4.52. The molecule has 0 aromatic heterocycles. The lowest BCUT2D eigenvalue weighted by Crippen LogP contribution is -2.41. The molecule has 0 aliphatic carbocycles. The minimum absolute atomic E-state index is 0.0215. The number of carbonyl (C=O) groups excluding carboxylic acids is 2. The minimum Gasteiger partial charge on any atom is -0.486 e. The van der Waals surface area contributed by atoms with Crippen molar-refractivity contribution in [3.8, 4) is 11.5 Å². The molecule has 6 heteroatoms. The number of aryl methyl sites for hydroxylation is 1. The van der Waals surface area contributed by atoms with Gasteiger partial charge >= 0.3 is 5.97 Å². The highest BCUT2D eigenvalue weighted by molar-refractivity contribution is 5.96. The molecule has 2 heterocycles. The number of ether oxygens (including phenoxy) is 3. The number of amides is 1.